The molecule has 0 bridgehead atoms. The number of hydrogen-bond acceptors (Lipinski definition) is 5. The Kier molecular flexibility index (Phi) is 5.03. The van der Waals surface area contributed by atoms with Gasteiger partial charge < -0.3 is 9.73 Å². The maximum atomic E-state index is 12.4. The molecular formula is C20H22N4O2S. The number of aromatic nitrogens is 3. The zero-order valence-electron chi connectivity index (χ0n) is 15.4. The van der Waals surface area contributed by atoms with Crippen LogP contribution in [0.25, 0.3) is 0 Å². The average molecular weight is 382 g/mol. The highest BCUT2D eigenvalue weighted by Crippen LogP contribution is 2.40. The second-order valence-electron chi connectivity index (χ2n) is 6.94. The molecule has 2 aromatic heterocycles. The lowest BCUT2D eigenvalue weighted by Crippen LogP contribution is -2.15. The van der Waals surface area contributed by atoms with Gasteiger partial charge in [-0.25, -0.2) is 0 Å². The lowest BCUT2D eigenvalue weighted by Gasteiger charge is -2.10. The molecular weight excluding hydrogens is 360 g/mol. The molecule has 0 atom stereocenters. The molecule has 0 saturated heterocycles. The lowest BCUT2D eigenvalue weighted by molar-refractivity contribution is -0.113. The Bertz CT molecular complexity index is 945. The van der Waals surface area contributed by atoms with Crippen molar-refractivity contribution in [3.8, 4) is 0 Å². The van der Waals surface area contributed by atoms with Crippen molar-refractivity contribution in [1.82, 2.24) is 14.8 Å². The summed E-state index contributed by atoms with van der Waals surface area (Å²) in [6.07, 6.45) is 3.96. The molecule has 1 saturated carbocycles. The third kappa shape index (κ3) is 4.24. The minimum absolute atomic E-state index is 0.0470. The van der Waals surface area contributed by atoms with Crippen molar-refractivity contribution in [1.29, 1.82) is 0 Å². The highest BCUT2D eigenvalue weighted by molar-refractivity contribution is 7.99. The number of benzene rings is 1. The number of aryl methyl sites for hydroxylation is 2. The van der Waals surface area contributed by atoms with Gasteiger partial charge >= 0.3 is 0 Å². The highest BCUT2D eigenvalue weighted by Gasteiger charge is 2.30. The second kappa shape index (κ2) is 7.60. The Hall–Kier alpha value is -2.54. The van der Waals surface area contributed by atoms with Crippen LogP contribution in [0.2, 0.25) is 0 Å². The van der Waals surface area contributed by atoms with Crippen molar-refractivity contribution in [3.05, 3.63) is 59.3 Å². The van der Waals surface area contributed by atoms with Gasteiger partial charge in [0.25, 0.3) is 0 Å². The Morgan fingerprint density at radius 3 is 2.89 bits per heavy atom. The van der Waals surface area contributed by atoms with E-state index in [-0.39, 0.29) is 11.7 Å². The second-order valence-corrected chi connectivity index (χ2v) is 7.88. The Labute approximate surface area is 162 Å². The Morgan fingerprint density at radius 2 is 2.15 bits per heavy atom. The summed E-state index contributed by atoms with van der Waals surface area (Å²) < 4.78 is 7.56. The van der Waals surface area contributed by atoms with Gasteiger partial charge in [-0.1, -0.05) is 23.9 Å². The maximum absolute atomic E-state index is 12.4. The molecule has 1 amide bonds. The molecule has 1 N–H and O–H groups in total. The van der Waals surface area contributed by atoms with Crippen LogP contribution >= 0.6 is 11.8 Å². The normalized spacial score (nSPS) is 13.7. The first-order chi connectivity index (χ1) is 13.1. The van der Waals surface area contributed by atoms with E-state index in [1.54, 1.807) is 6.26 Å². The molecule has 27 heavy (non-hydrogen) atoms. The first kappa shape index (κ1) is 17.9. The van der Waals surface area contributed by atoms with E-state index < -0.39 is 0 Å². The molecule has 1 aliphatic rings. The SMILES string of the molecule is Cc1ccc(C)c(NC(=O)CSc2nnc(C3CC3)n2Cc2ccco2)c1. The van der Waals surface area contributed by atoms with E-state index >= 15 is 0 Å². The fraction of sp³-hybridized carbons (Fsp3) is 0.350. The van der Waals surface area contributed by atoms with Gasteiger partial charge in [-0.15, -0.1) is 10.2 Å². The van der Waals surface area contributed by atoms with E-state index in [0.29, 0.717) is 12.5 Å². The van der Waals surface area contributed by atoms with Crippen LogP contribution < -0.4 is 5.32 Å². The van der Waals surface area contributed by atoms with Crippen molar-refractivity contribution in [2.75, 3.05) is 11.1 Å². The number of carbonyl (C=O) groups is 1. The summed E-state index contributed by atoms with van der Waals surface area (Å²) in [5.74, 6) is 2.57. The van der Waals surface area contributed by atoms with Gasteiger partial charge in [0.1, 0.15) is 11.6 Å². The van der Waals surface area contributed by atoms with Crippen LogP contribution in [-0.2, 0) is 11.3 Å². The van der Waals surface area contributed by atoms with Gasteiger partial charge in [0.05, 0.1) is 18.6 Å². The molecule has 2 heterocycles. The summed E-state index contributed by atoms with van der Waals surface area (Å²) in [7, 11) is 0. The quantitative estimate of drug-likeness (QED) is 0.622. The van der Waals surface area contributed by atoms with Gasteiger partial charge in [-0.05, 0) is 56.0 Å². The fourth-order valence-corrected chi connectivity index (χ4v) is 3.69. The molecule has 4 rings (SSSR count). The van der Waals surface area contributed by atoms with Crippen LogP contribution in [0.15, 0.2) is 46.2 Å². The standard InChI is InChI=1S/C20H22N4O2S/c1-13-5-6-14(2)17(10-13)21-18(25)12-27-20-23-22-19(15-7-8-15)24(20)11-16-4-3-9-26-16/h3-6,9-10,15H,7-8,11-12H2,1-2H3,(H,21,25). The summed E-state index contributed by atoms with van der Waals surface area (Å²) in [6, 6.07) is 9.86. The number of anilines is 1. The Morgan fingerprint density at radius 1 is 1.30 bits per heavy atom. The minimum atomic E-state index is -0.0470. The number of carbonyl (C=O) groups excluding carboxylic acids is 1. The molecule has 0 radical (unpaired) electrons. The minimum Gasteiger partial charge on any atom is -0.467 e. The number of furan rings is 1. The zero-order valence-corrected chi connectivity index (χ0v) is 16.3. The smallest absolute Gasteiger partial charge is 0.234 e. The number of hydrogen-bond donors (Lipinski definition) is 1. The van der Waals surface area contributed by atoms with Gasteiger partial charge in [0.15, 0.2) is 5.16 Å². The summed E-state index contributed by atoms with van der Waals surface area (Å²) in [4.78, 5) is 12.4. The van der Waals surface area contributed by atoms with Crippen molar-refractivity contribution in [2.45, 2.75) is 44.3 Å². The number of nitrogens with zero attached hydrogens (tertiary/aromatic N) is 3. The molecule has 140 valence electrons. The average Bonchev–Trinajstić information content (AvgIpc) is 3.21. The van der Waals surface area contributed by atoms with E-state index in [4.69, 9.17) is 4.42 Å². The van der Waals surface area contributed by atoms with Crippen LogP contribution in [0.5, 0.6) is 0 Å². The monoisotopic (exact) mass is 382 g/mol. The third-order valence-corrected chi connectivity index (χ3v) is 5.55. The van der Waals surface area contributed by atoms with Crippen LogP contribution in [0.4, 0.5) is 5.69 Å². The highest BCUT2D eigenvalue weighted by atomic mass is 32.2. The van der Waals surface area contributed by atoms with Gasteiger partial charge in [0, 0.05) is 11.6 Å². The first-order valence-corrected chi connectivity index (χ1v) is 10.0. The fourth-order valence-electron chi connectivity index (χ4n) is 2.94. The summed E-state index contributed by atoms with van der Waals surface area (Å²) >= 11 is 1.41. The molecule has 1 aliphatic carbocycles. The number of nitrogens with one attached hydrogen (secondary N) is 1. The lowest BCUT2D eigenvalue weighted by atomic mass is 10.1. The molecule has 1 fully saturated rings. The van der Waals surface area contributed by atoms with Crippen molar-refractivity contribution >= 4 is 23.4 Å². The first-order valence-electron chi connectivity index (χ1n) is 9.05. The van der Waals surface area contributed by atoms with Crippen LogP contribution in [-0.4, -0.2) is 26.4 Å². The van der Waals surface area contributed by atoms with E-state index in [9.17, 15) is 4.79 Å². The molecule has 0 unspecified atom stereocenters. The van der Waals surface area contributed by atoms with E-state index in [2.05, 4.69) is 20.1 Å². The van der Waals surface area contributed by atoms with Gasteiger partial charge in [0.2, 0.25) is 5.91 Å². The number of rotatable bonds is 7. The topological polar surface area (TPSA) is 73.0 Å². The van der Waals surface area contributed by atoms with Crippen LogP contribution in [0, 0.1) is 13.8 Å². The summed E-state index contributed by atoms with van der Waals surface area (Å²) in [5, 5.41) is 12.4. The zero-order chi connectivity index (χ0) is 18.8. The van der Waals surface area contributed by atoms with Crippen molar-refractivity contribution in [3.63, 3.8) is 0 Å². The summed E-state index contributed by atoms with van der Waals surface area (Å²) in [5.41, 5.74) is 3.03. The Balaban J connectivity index is 1.44. The molecule has 0 aliphatic heterocycles. The van der Waals surface area contributed by atoms with Gasteiger partial charge in [-0.3, -0.25) is 9.36 Å². The summed E-state index contributed by atoms with van der Waals surface area (Å²) in [6.45, 7) is 4.59. The third-order valence-electron chi connectivity index (χ3n) is 4.58. The predicted octanol–water partition coefficient (Wildman–Crippen LogP) is 4.14. The molecule has 0 spiro atoms. The van der Waals surface area contributed by atoms with E-state index in [1.165, 1.54) is 11.8 Å². The molecule has 3 aromatic rings. The van der Waals surface area contributed by atoms with Crippen LogP contribution in [0.1, 0.15) is 41.5 Å². The maximum Gasteiger partial charge on any atom is 0.234 e. The molecule has 7 heteroatoms. The molecule has 6 nitrogen and oxygen atoms in total. The van der Waals surface area contributed by atoms with Crippen LogP contribution in [0.3, 0.4) is 0 Å². The largest absolute Gasteiger partial charge is 0.467 e. The van der Waals surface area contributed by atoms with Gasteiger partial charge in [-0.2, -0.15) is 0 Å². The predicted molar refractivity (Wildman–Crippen MR) is 105 cm³/mol. The van der Waals surface area contributed by atoms with E-state index in [0.717, 1.165) is 46.4 Å². The number of amides is 1. The molecule has 1 aromatic carbocycles. The van der Waals surface area contributed by atoms with Crippen molar-refractivity contribution < 1.29 is 9.21 Å². The number of thioether (sulfide) groups is 1. The van der Waals surface area contributed by atoms with E-state index in [1.807, 2.05) is 44.2 Å². The van der Waals surface area contributed by atoms with Crippen molar-refractivity contribution in [2.24, 2.45) is 0 Å².